The second-order valence-electron chi connectivity index (χ2n) is 4.54. The average Bonchev–Trinajstić information content (AvgIpc) is 2.89. The first-order valence-corrected chi connectivity index (χ1v) is 6.33. The van der Waals surface area contributed by atoms with Gasteiger partial charge in [-0.1, -0.05) is 60.7 Å². The molecule has 0 saturated heterocycles. The van der Waals surface area contributed by atoms with Gasteiger partial charge in [0.05, 0.1) is 12.3 Å². The Morgan fingerprint density at radius 1 is 0.889 bits per heavy atom. The van der Waals surface area contributed by atoms with Crippen LogP contribution in [0, 0.1) is 0 Å². The zero-order valence-electron chi connectivity index (χ0n) is 10.3. The van der Waals surface area contributed by atoms with E-state index < -0.39 is 0 Å². The molecule has 0 saturated carbocycles. The van der Waals surface area contributed by atoms with E-state index in [-0.39, 0.29) is 0 Å². The van der Waals surface area contributed by atoms with Crippen LogP contribution in [0.25, 0.3) is 0 Å². The van der Waals surface area contributed by atoms with Crippen molar-refractivity contribution in [1.29, 1.82) is 0 Å². The van der Waals surface area contributed by atoms with Crippen molar-refractivity contribution >= 4 is 5.71 Å². The summed E-state index contributed by atoms with van der Waals surface area (Å²) in [6.07, 6.45) is 1.04. The van der Waals surface area contributed by atoms with Crippen LogP contribution in [0.3, 0.4) is 0 Å². The van der Waals surface area contributed by atoms with Crippen molar-refractivity contribution < 1.29 is 0 Å². The minimum atomic E-state index is 0.900. The largest absolute Gasteiger partial charge is 0.292 e. The molecule has 0 unspecified atom stereocenters. The lowest BCUT2D eigenvalue weighted by Crippen LogP contribution is -2.12. The molecule has 0 spiro atoms. The van der Waals surface area contributed by atoms with Gasteiger partial charge in [0.2, 0.25) is 0 Å². The van der Waals surface area contributed by atoms with Gasteiger partial charge in [-0.25, -0.2) is 0 Å². The Kier molecular flexibility index (Phi) is 3.09. The molecular formula is C16H16N2. The average molecular weight is 236 g/mol. The van der Waals surface area contributed by atoms with E-state index in [1.807, 2.05) is 12.1 Å². The standard InChI is InChI=1S/C16H16N2/c1-3-7-14(8-4-1)13-18-12-11-16(17-18)15-9-5-2-6-10-15/h1-10H,11-13H2. The maximum absolute atomic E-state index is 4.70. The van der Waals surface area contributed by atoms with Gasteiger partial charge in [-0.2, -0.15) is 5.10 Å². The van der Waals surface area contributed by atoms with E-state index in [4.69, 9.17) is 5.10 Å². The Labute approximate surface area is 108 Å². The van der Waals surface area contributed by atoms with Crippen molar-refractivity contribution in [3.8, 4) is 0 Å². The number of benzene rings is 2. The number of hydrazone groups is 1. The van der Waals surface area contributed by atoms with Gasteiger partial charge in [-0.15, -0.1) is 0 Å². The third-order valence-corrected chi connectivity index (χ3v) is 3.18. The van der Waals surface area contributed by atoms with Crippen molar-refractivity contribution in [3.05, 3.63) is 71.8 Å². The highest BCUT2D eigenvalue weighted by molar-refractivity contribution is 6.01. The molecule has 1 aliphatic heterocycles. The topological polar surface area (TPSA) is 15.6 Å². The Hall–Kier alpha value is -2.09. The predicted octanol–water partition coefficient (Wildman–Crippen LogP) is 3.30. The summed E-state index contributed by atoms with van der Waals surface area (Å²) in [4.78, 5) is 0. The molecule has 2 aromatic rings. The molecule has 18 heavy (non-hydrogen) atoms. The summed E-state index contributed by atoms with van der Waals surface area (Å²) in [5.74, 6) is 0. The van der Waals surface area contributed by atoms with Crippen LogP contribution in [-0.4, -0.2) is 17.3 Å². The molecule has 2 heteroatoms. The maximum atomic E-state index is 4.70. The summed E-state index contributed by atoms with van der Waals surface area (Å²) >= 11 is 0. The van der Waals surface area contributed by atoms with Gasteiger partial charge in [0.15, 0.2) is 0 Å². The smallest absolute Gasteiger partial charge is 0.0696 e. The maximum Gasteiger partial charge on any atom is 0.0696 e. The van der Waals surface area contributed by atoms with Crippen LogP contribution >= 0.6 is 0 Å². The molecule has 1 heterocycles. The second-order valence-corrected chi connectivity index (χ2v) is 4.54. The van der Waals surface area contributed by atoms with Gasteiger partial charge in [-0.3, -0.25) is 5.01 Å². The van der Waals surface area contributed by atoms with Gasteiger partial charge in [0, 0.05) is 13.0 Å². The minimum Gasteiger partial charge on any atom is -0.292 e. The first-order chi connectivity index (χ1) is 8.92. The fourth-order valence-electron chi connectivity index (χ4n) is 2.25. The molecule has 0 radical (unpaired) electrons. The van der Waals surface area contributed by atoms with E-state index in [1.54, 1.807) is 0 Å². The normalized spacial score (nSPS) is 14.7. The third-order valence-electron chi connectivity index (χ3n) is 3.18. The SMILES string of the molecule is c1ccc(CN2CCC(c3ccccc3)=N2)cc1. The van der Waals surface area contributed by atoms with Crippen LogP contribution in [-0.2, 0) is 6.54 Å². The van der Waals surface area contributed by atoms with E-state index >= 15 is 0 Å². The highest BCUT2D eigenvalue weighted by Crippen LogP contribution is 2.15. The molecule has 0 N–H and O–H groups in total. The summed E-state index contributed by atoms with van der Waals surface area (Å²) in [6, 6.07) is 20.9. The molecular weight excluding hydrogens is 220 g/mol. The van der Waals surface area contributed by atoms with Gasteiger partial charge in [0.1, 0.15) is 0 Å². The van der Waals surface area contributed by atoms with Crippen LogP contribution in [0.5, 0.6) is 0 Å². The van der Waals surface area contributed by atoms with Crippen molar-refractivity contribution in [1.82, 2.24) is 5.01 Å². The highest BCUT2D eigenvalue weighted by atomic mass is 15.5. The Morgan fingerprint density at radius 2 is 1.56 bits per heavy atom. The minimum absolute atomic E-state index is 0.900. The number of hydrogen-bond acceptors (Lipinski definition) is 2. The molecule has 0 amide bonds. The molecule has 2 aromatic carbocycles. The third kappa shape index (κ3) is 2.43. The zero-order chi connectivity index (χ0) is 12.2. The fourth-order valence-corrected chi connectivity index (χ4v) is 2.25. The van der Waals surface area contributed by atoms with Gasteiger partial charge in [0.25, 0.3) is 0 Å². The summed E-state index contributed by atoms with van der Waals surface area (Å²) < 4.78 is 0. The number of nitrogens with zero attached hydrogens (tertiary/aromatic N) is 2. The first-order valence-electron chi connectivity index (χ1n) is 6.33. The molecule has 0 bridgehead atoms. The molecule has 90 valence electrons. The Morgan fingerprint density at radius 3 is 2.28 bits per heavy atom. The monoisotopic (exact) mass is 236 g/mol. The summed E-state index contributed by atoms with van der Waals surface area (Å²) in [5, 5.41) is 6.85. The van der Waals surface area contributed by atoms with E-state index in [9.17, 15) is 0 Å². The van der Waals surface area contributed by atoms with Crippen LogP contribution in [0.4, 0.5) is 0 Å². The molecule has 2 nitrogen and oxygen atoms in total. The van der Waals surface area contributed by atoms with Crippen LogP contribution in [0.1, 0.15) is 17.5 Å². The highest BCUT2D eigenvalue weighted by Gasteiger charge is 2.15. The second kappa shape index (κ2) is 5.05. The van der Waals surface area contributed by atoms with Gasteiger partial charge in [-0.05, 0) is 11.1 Å². The predicted molar refractivity (Wildman–Crippen MR) is 74.4 cm³/mol. The molecule has 0 atom stereocenters. The summed E-state index contributed by atoms with van der Waals surface area (Å²) in [5.41, 5.74) is 3.76. The van der Waals surface area contributed by atoms with E-state index in [0.29, 0.717) is 0 Å². The van der Waals surface area contributed by atoms with Crippen molar-refractivity contribution in [2.75, 3.05) is 6.54 Å². The Bertz CT molecular complexity index is 532. The molecule has 3 rings (SSSR count). The lowest BCUT2D eigenvalue weighted by molar-refractivity contribution is 0.310. The lowest BCUT2D eigenvalue weighted by atomic mass is 10.1. The summed E-state index contributed by atoms with van der Waals surface area (Å²) in [7, 11) is 0. The van der Waals surface area contributed by atoms with Crippen molar-refractivity contribution in [3.63, 3.8) is 0 Å². The van der Waals surface area contributed by atoms with E-state index in [2.05, 4.69) is 53.5 Å². The van der Waals surface area contributed by atoms with Crippen LogP contribution in [0.15, 0.2) is 65.8 Å². The summed E-state index contributed by atoms with van der Waals surface area (Å²) in [6.45, 7) is 1.91. The molecule has 1 aliphatic rings. The Balaban J connectivity index is 1.73. The van der Waals surface area contributed by atoms with E-state index in [0.717, 1.165) is 19.5 Å². The zero-order valence-corrected chi connectivity index (χ0v) is 10.3. The van der Waals surface area contributed by atoms with Gasteiger partial charge < -0.3 is 0 Å². The fraction of sp³-hybridized carbons (Fsp3) is 0.188. The number of hydrogen-bond donors (Lipinski definition) is 0. The van der Waals surface area contributed by atoms with Crippen molar-refractivity contribution in [2.24, 2.45) is 5.10 Å². The molecule has 0 fully saturated rings. The van der Waals surface area contributed by atoms with Crippen LogP contribution < -0.4 is 0 Å². The van der Waals surface area contributed by atoms with Gasteiger partial charge >= 0.3 is 0 Å². The van der Waals surface area contributed by atoms with Crippen LogP contribution in [0.2, 0.25) is 0 Å². The quantitative estimate of drug-likeness (QED) is 0.798. The molecule has 0 aliphatic carbocycles. The number of rotatable bonds is 3. The van der Waals surface area contributed by atoms with Crippen molar-refractivity contribution in [2.45, 2.75) is 13.0 Å². The lowest BCUT2D eigenvalue weighted by Gasteiger charge is -2.12. The first kappa shape index (κ1) is 11.0. The molecule has 0 aromatic heterocycles. The van der Waals surface area contributed by atoms with E-state index in [1.165, 1.54) is 16.8 Å².